The van der Waals surface area contributed by atoms with E-state index in [0.29, 0.717) is 24.0 Å². The summed E-state index contributed by atoms with van der Waals surface area (Å²) in [5.74, 6) is 0.811. The van der Waals surface area contributed by atoms with Gasteiger partial charge in [-0.15, -0.1) is 0 Å². The lowest BCUT2D eigenvalue weighted by Gasteiger charge is -2.27. The molecule has 1 aliphatic heterocycles. The van der Waals surface area contributed by atoms with E-state index in [1.807, 2.05) is 25.1 Å². The van der Waals surface area contributed by atoms with Crippen LogP contribution in [0.1, 0.15) is 29.6 Å². The van der Waals surface area contributed by atoms with Gasteiger partial charge in [0.2, 0.25) is 5.76 Å². The minimum Gasteiger partial charge on any atom is -0.494 e. The fourth-order valence-electron chi connectivity index (χ4n) is 3.42. The van der Waals surface area contributed by atoms with Gasteiger partial charge >= 0.3 is 0 Å². The third-order valence-electron chi connectivity index (χ3n) is 4.93. The molecule has 30 heavy (non-hydrogen) atoms. The van der Waals surface area contributed by atoms with Gasteiger partial charge in [0.1, 0.15) is 5.75 Å². The Bertz CT molecular complexity index is 996. The summed E-state index contributed by atoms with van der Waals surface area (Å²) in [6.07, 6.45) is 0.832. The first-order valence-electron chi connectivity index (χ1n) is 10.2. The summed E-state index contributed by atoms with van der Waals surface area (Å²) in [6, 6.07) is 7.46. The summed E-state index contributed by atoms with van der Waals surface area (Å²) in [7, 11) is 0. The fourth-order valence-corrected chi connectivity index (χ4v) is 4.44. The Balaban J connectivity index is 1.55. The molecular weight excluding hydrogens is 404 g/mol. The number of fused-ring (bicyclic) bond motifs is 1. The number of morpholine rings is 1. The van der Waals surface area contributed by atoms with Gasteiger partial charge < -0.3 is 14.0 Å². The monoisotopic (exact) mass is 430 g/mol. The molecule has 1 amide bonds. The summed E-state index contributed by atoms with van der Waals surface area (Å²) in [4.78, 5) is 22.0. The van der Waals surface area contributed by atoms with Crippen LogP contribution < -0.4 is 9.64 Å². The molecule has 8 nitrogen and oxygen atoms in total. The number of aryl methyl sites for hydroxylation is 1. The lowest BCUT2D eigenvalue weighted by molar-refractivity contribution is 0.0376. The van der Waals surface area contributed by atoms with Gasteiger partial charge in [0.05, 0.1) is 35.7 Å². The Hall–Kier alpha value is -2.49. The van der Waals surface area contributed by atoms with Crippen molar-refractivity contribution < 1.29 is 18.8 Å². The van der Waals surface area contributed by atoms with Crippen molar-refractivity contribution in [3.05, 3.63) is 35.7 Å². The van der Waals surface area contributed by atoms with E-state index in [2.05, 4.69) is 10.1 Å². The van der Waals surface area contributed by atoms with Crippen LogP contribution in [0.4, 0.5) is 5.13 Å². The molecule has 1 aliphatic rings. The van der Waals surface area contributed by atoms with Gasteiger partial charge in [0, 0.05) is 32.2 Å². The molecule has 0 bridgehead atoms. The van der Waals surface area contributed by atoms with E-state index in [4.69, 9.17) is 19.0 Å². The molecule has 1 fully saturated rings. The number of nitrogens with zero attached hydrogens (tertiary/aromatic N) is 4. The first-order valence-corrected chi connectivity index (χ1v) is 11.0. The van der Waals surface area contributed by atoms with E-state index >= 15 is 0 Å². The van der Waals surface area contributed by atoms with Crippen molar-refractivity contribution in [3.8, 4) is 5.75 Å². The smallest absolute Gasteiger partial charge is 0.298 e. The van der Waals surface area contributed by atoms with Gasteiger partial charge in [-0.25, -0.2) is 4.98 Å². The van der Waals surface area contributed by atoms with Crippen LogP contribution in [0, 0.1) is 6.92 Å². The van der Waals surface area contributed by atoms with Crippen LogP contribution in [-0.2, 0) is 4.74 Å². The van der Waals surface area contributed by atoms with Gasteiger partial charge in [0.15, 0.2) is 5.13 Å². The number of aromatic nitrogens is 2. The second-order valence-corrected chi connectivity index (χ2v) is 8.16. The van der Waals surface area contributed by atoms with Crippen LogP contribution in [0.2, 0.25) is 0 Å². The zero-order valence-corrected chi connectivity index (χ0v) is 18.1. The molecule has 0 radical (unpaired) electrons. The first kappa shape index (κ1) is 20.8. The zero-order chi connectivity index (χ0) is 20.9. The third-order valence-corrected chi connectivity index (χ3v) is 5.98. The van der Waals surface area contributed by atoms with Crippen LogP contribution in [0.3, 0.4) is 0 Å². The quantitative estimate of drug-likeness (QED) is 0.542. The maximum Gasteiger partial charge on any atom is 0.298 e. The number of benzene rings is 1. The molecule has 0 atom stereocenters. The van der Waals surface area contributed by atoms with Crippen LogP contribution in [-0.4, -0.2) is 66.9 Å². The molecule has 3 aromatic rings. The number of amides is 1. The van der Waals surface area contributed by atoms with Gasteiger partial charge in [-0.1, -0.05) is 16.5 Å². The number of hydrogen-bond acceptors (Lipinski definition) is 8. The van der Waals surface area contributed by atoms with Crippen LogP contribution in [0.25, 0.3) is 10.2 Å². The minimum atomic E-state index is -0.221. The molecule has 0 N–H and O–H groups in total. The summed E-state index contributed by atoms with van der Waals surface area (Å²) in [5.41, 5.74) is 1.52. The van der Waals surface area contributed by atoms with Crippen molar-refractivity contribution in [1.29, 1.82) is 0 Å². The number of ether oxygens (including phenoxy) is 2. The Morgan fingerprint density at radius 2 is 2.13 bits per heavy atom. The molecule has 2 aromatic heterocycles. The molecular formula is C21H26N4O4S. The second kappa shape index (κ2) is 9.55. The Morgan fingerprint density at radius 3 is 2.87 bits per heavy atom. The maximum atomic E-state index is 13.2. The van der Waals surface area contributed by atoms with E-state index < -0.39 is 0 Å². The van der Waals surface area contributed by atoms with E-state index in [1.54, 1.807) is 17.9 Å². The summed E-state index contributed by atoms with van der Waals surface area (Å²) < 4.78 is 17.2. The average molecular weight is 431 g/mol. The normalized spacial score (nSPS) is 14.9. The van der Waals surface area contributed by atoms with E-state index in [0.717, 1.165) is 55.2 Å². The Kier molecular flexibility index (Phi) is 6.61. The lowest BCUT2D eigenvalue weighted by atomic mass is 10.3. The molecule has 3 heterocycles. The molecule has 1 aromatic carbocycles. The Morgan fingerprint density at radius 1 is 1.30 bits per heavy atom. The molecule has 1 saturated heterocycles. The summed E-state index contributed by atoms with van der Waals surface area (Å²) in [5, 5.41) is 4.52. The Labute approximate surface area is 179 Å². The summed E-state index contributed by atoms with van der Waals surface area (Å²) in [6.45, 7) is 9.20. The van der Waals surface area contributed by atoms with Gasteiger partial charge in [-0.05, 0) is 38.5 Å². The fraction of sp³-hybridized carbons (Fsp3) is 0.476. The molecule has 9 heteroatoms. The van der Waals surface area contributed by atoms with Crippen LogP contribution in [0.15, 0.2) is 28.8 Å². The predicted molar refractivity (Wildman–Crippen MR) is 116 cm³/mol. The van der Waals surface area contributed by atoms with E-state index in [1.165, 1.54) is 11.3 Å². The van der Waals surface area contributed by atoms with Crippen molar-refractivity contribution in [2.24, 2.45) is 0 Å². The average Bonchev–Trinajstić information content (AvgIpc) is 3.37. The number of rotatable bonds is 8. The highest BCUT2D eigenvalue weighted by Gasteiger charge is 2.25. The maximum absolute atomic E-state index is 13.2. The van der Waals surface area contributed by atoms with E-state index in [-0.39, 0.29) is 11.7 Å². The van der Waals surface area contributed by atoms with Gasteiger partial charge in [-0.2, -0.15) is 0 Å². The van der Waals surface area contributed by atoms with Crippen LogP contribution >= 0.6 is 11.3 Å². The first-order chi connectivity index (χ1) is 14.6. The molecule has 0 spiro atoms. The number of thiazole rings is 1. The molecule has 0 saturated carbocycles. The second-order valence-electron chi connectivity index (χ2n) is 7.16. The minimum absolute atomic E-state index is 0.221. The number of carbonyl (C=O) groups excluding carboxylic acids is 1. The number of hydrogen-bond donors (Lipinski definition) is 0. The van der Waals surface area contributed by atoms with Crippen molar-refractivity contribution in [1.82, 2.24) is 15.0 Å². The molecule has 4 rings (SSSR count). The third kappa shape index (κ3) is 4.80. The summed E-state index contributed by atoms with van der Waals surface area (Å²) >= 11 is 1.48. The highest BCUT2D eigenvalue weighted by atomic mass is 32.1. The molecule has 0 unspecified atom stereocenters. The highest BCUT2D eigenvalue weighted by Crippen LogP contribution is 2.32. The lowest BCUT2D eigenvalue weighted by Crippen LogP contribution is -2.39. The van der Waals surface area contributed by atoms with Gasteiger partial charge in [0.25, 0.3) is 5.91 Å². The topological polar surface area (TPSA) is 80.9 Å². The van der Waals surface area contributed by atoms with Crippen molar-refractivity contribution in [2.45, 2.75) is 20.3 Å². The zero-order valence-electron chi connectivity index (χ0n) is 17.3. The highest BCUT2D eigenvalue weighted by molar-refractivity contribution is 7.22. The van der Waals surface area contributed by atoms with Crippen molar-refractivity contribution in [3.63, 3.8) is 0 Å². The largest absolute Gasteiger partial charge is 0.494 e. The van der Waals surface area contributed by atoms with Gasteiger partial charge in [-0.3, -0.25) is 14.6 Å². The van der Waals surface area contributed by atoms with Crippen LogP contribution in [0.5, 0.6) is 5.75 Å². The van der Waals surface area contributed by atoms with Crippen molar-refractivity contribution >= 4 is 32.6 Å². The van der Waals surface area contributed by atoms with Crippen molar-refractivity contribution in [2.75, 3.05) is 50.9 Å². The predicted octanol–water partition coefficient (Wildman–Crippen LogP) is 3.36. The SMILES string of the molecule is CCOc1ccc2nc(N(CCCN3CCOCC3)C(=O)c3cc(C)no3)sc2c1. The standard InChI is InChI=1S/C21H26N4O4S/c1-3-28-16-5-6-17-19(14-16)30-21(22-17)25(20(26)18-13-15(2)23-29-18)8-4-7-24-9-11-27-12-10-24/h5-6,13-14H,3-4,7-12H2,1-2H3. The number of carbonyl (C=O) groups is 1. The molecule has 160 valence electrons. The number of anilines is 1. The molecule has 0 aliphatic carbocycles. The van der Waals surface area contributed by atoms with E-state index in [9.17, 15) is 4.79 Å².